The van der Waals surface area contributed by atoms with E-state index in [1.165, 1.54) is 48.5 Å². The number of halogens is 4. The molecule has 1 aromatic carbocycles. The lowest BCUT2D eigenvalue weighted by atomic mass is 10.3. The molecule has 0 saturated heterocycles. The van der Waals surface area contributed by atoms with E-state index in [0.717, 1.165) is 0 Å². The average molecular weight is 387 g/mol. The number of urea groups is 1. The first kappa shape index (κ1) is 20.3. The molecule has 0 fully saturated rings. The van der Waals surface area contributed by atoms with Crippen LogP contribution < -0.4 is 14.8 Å². The van der Waals surface area contributed by atoms with E-state index in [1.54, 1.807) is 6.07 Å². The van der Waals surface area contributed by atoms with Crippen molar-refractivity contribution < 1.29 is 31.8 Å². The Hall–Kier alpha value is -3.04. The molecule has 0 saturated carbocycles. The highest BCUT2D eigenvalue weighted by atomic mass is 19.4. The lowest BCUT2D eigenvalue weighted by molar-refractivity contribution is -0.154. The largest absolute Gasteiger partial charge is 0.489 e. The average Bonchev–Trinajstić information content (AvgIpc) is 2.62. The van der Waals surface area contributed by atoms with Crippen LogP contribution in [0.3, 0.4) is 0 Å². The Morgan fingerprint density at radius 3 is 2.56 bits per heavy atom. The van der Waals surface area contributed by atoms with Crippen molar-refractivity contribution in [1.82, 2.24) is 9.88 Å². The Labute approximate surface area is 152 Å². The van der Waals surface area contributed by atoms with Crippen LogP contribution in [0, 0.1) is 5.82 Å². The van der Waals surface area contributed by atoms with E-state index in [-0.39, 0.29) is 30.5 Å². The van der Waals surface area contributed by atoms with E-state index >= 15 is 0 Å². The summed E-state index contributed by atoms with van der Waals surface area (Å²) in [5, 5.41) is 2.52. The maximum absolute atomic E-state index is 13.4. The van der Waals surface area contributed by atoms with Gasteiger partial charge in [0.05, 0.1) is 18.4 Å². The normalized spacial score (nSPS) is 11.0. The topological polar surface area (TPSA) is 63.7 Å². The number of carbonyl (C=O) groups is 1. The van der Waals surface area contributed by atoms with Gasteiger partial charge in [-0.1, -0.05) is 12.1 Å². The highest BCUT2D eigenvalue weighted by Crippen LogP contribution is 2.18. The molecule has 1 heterocycles. The summed E-state index contributed by atoms with van der Waals surface area (Å²) < 4.78 is 59.4. The lowest BCUT2D eigenvalue weighted by Gasteiger charge is -2.18. The SMILES string of the molecule is CN(CCOc1ccccc1F)C(=O)Nc1ccc(OCC(F)(F)F)nc1. The summed E-state index contributed by atoms with van der Waals surface area (Å²) in [5.74, 6) is -0.620. The molecular weight excluding hydrogens is 370 g/mol. The van der Waals surface area contributed by atoms with Gasteiger partial charge < -0.3 is 19.7 Å². The van der Waals surface area contributed by atoms with Crippen LogP contribution in [0.1, 0.15) is 0 Å². The first-order valence-corrected chi connectivity index (χ1v) is 7.79. The summed E-state index contributed by atoms with van der Waals surface area (Å²) in [6.45, 7) is -1.19. The first-order chi connectivity index (χ1) is 12.7. The van der Waals surface area contributed by atoms with E-state index in [2.05, 4.69) is 15.0 Å². The molecule has 2 rings (SSSR count). The Morgan fingerprint density at radius 1 is 1.19 bits per heavy atom. The quantitative estimate of drug-likeness (QED) is 0.736. The number of anilines is 1. The molecule has 1 N–H and O–H groups in total. The zero-order valence-electron chi connectivity index (χ0n) is 14.3. The molecule has 6 nitrogen and oxygen atoms in total. The predicted molar refractivity (Wildman–Crippen MR) is 89.3 cm³/mol. The van der Waals surface area contributed by atoms with E-state index in [1.807, 2.05) is 0 Å². The summed E-state index contributed by atoms with van der Waals surface area (Å²) >= 11 is 0. The highest BCUT2D eigenvalue weighted by molar-refractivity contribution is 5.88. The summed E-state index contributed by atoms with van der Waals surface area (Å²) in [5.41, 5.74) is 0.279. The Kier molecular flexibility index (Phi) is 6.80. The molecule has 0 aliphatic carbocycles. The van der Waals surface area contributed by atoms with Gasteiger partial charge in [0.1, 0.15) is 6.61 Å². The molecule has 0 unspecified atom stereocenters. The summed E-state index contributed by atoms with van der Waals surface area (Å²) in [7, 11) is 1.51. The molecule has 0 spiro atoms. The zero-order valence-corrected chi connectivity index (χ0v) is 14.3. The van der Waals surface area contributed by atoms with Gasteiger partial charge in [-0.15, -0.1) is 0 Å². The minimum Gasteiger partial charge on any atom is -0.489 e. The van der Waals surface area contributed by atoms with Gasteiger partial charge in [0.25, 0.3) is 0 Å². The summed E-state index contributed by atoms with van der Waals surface area (Å²) in [4.78, 5) is 17.0. The molecule has 0 atom stereocenters. The fraction of sp³-hybridized carbons (Fsp3) is 0.294. The lowest BCUT2D eigenvalue weighted by Crippen LogP contribution is -2.34. The zero-order chi connectivity index (χ0) is 19.9. The van der Waals surface area contributed by atoms with Crippen LogP contribution in [0.15, 0.2) is 42.6 Å². The molecule has 10 heteroatoms. The van der Waals surface area contributed by atoms with E-state index in [0.29, 0.717) is 0 Å². The molecule has 2 aromatic rings. The van der Waals surface area contributed by atoms with Crippen LogP contribution in [0.4, 0.5) is 28.0 Å². The molecule has 146 valence electrons. The number of hydrogen-bond acceptors (Lipinski definition) is 4. The number of pyridine rings is 1. The van der Waals surface area contributed by atoms with Crippen molar-refractivity contribution >= 4 is 11.7 Å². The highest BCUT2D eigenvalue weighted by Gasteiger charge is 2.28. The van der Waals surface area contributed by atoms with Crippen molar-refractivity contribution in [3.63, 3.8) is 0 Å². The van der Waals surface area contributed by atoms with Gasteiger partial charge in [0.2, 0.25) is 5.88 Å². The fourth-order valence-electron chi connectivity index (χ4n) is 1.87. The molecule has 0 bridgehead atoms. The van der Waals surface area contributed by atoms with Crippen LogP contribution in [0.25, 0.3) is 0 Å². The summed E-state index contributed by atoms with van der Waals surface area (Å²) in [6.07, 6.45) is -3.28. The molecule has 27 heavy (non-hydrogen) atoms. The van der Waals surface area contributed by atoms with Gasteiger partial charge in [-0.3, -0.25) is 0 Å². The number of ether oxygens (including phenoxy) is 2. The second-order valence-corrected chi connectivity index (χ2v) is 5.42. The van der Waals surface area contributed by atoms with E-state index < -0.39 is 24.6 Å². The maximum Gasteiger partial charge on any atom is 0.422 e. The number of hydrogen-bond donors (Lipinski definition) is 1. The molecule has 0 aliphatic heterocycles. The minimum absolute atomic E-state index is 0.0767. The molecular formula is C17H17F4N3O3. The molecule has 1 aromatic heterocycles. The van der Waals surface area contributed by atoms with E-state index in [4.69, 9.17) is 4.74 Å². The number of nitrogens with zero attached hydrogens (tertiary/aromatic N) is 2. The van der Waals surface area contributed by atoms with Crippen molar-refractivity contribution in [2.75, 3.05) is 32.1 Å². The minimum atomic E-state index is -4.46. The number of likely N-dealkylation sites (N-methyl/N-ethyl adjacent to an activating group) is 1. The smallest absolute Gasteiger partial charge is 0.422 e. The summed E-state index contributed by atoms with van der Waals surface area (Å²) in [6, 6.07) is 7.99. The number of rotatable bonds is 7. The van der Waals surface area contributed by atoms with E-state index in [9.17, 15) is 22.4 Å². The third-order valence-corrected chi connectivity index (χ3v) is 3.24. The standard InChI is InChI=1S/C17H17F4N3O3/c1-24(8-9-26-14-5-3-2-4-13(14)18)16(25)23-12-6-7-15(22-10-12)27-11-17(19,20)21/h2-7,10H,8-9,11H2,1H3,(H,23,25). The van der Waals surface area contributed by atoms with Crippen LogP contribution in [-0.2, 0) is 0 Å². The van der Waals surface area contributed by atoms with Crippen molar-refractivity contribution in [2.45, 2.75) is 6.18 Å². The van der Waals surface area contributed by atoms with Gasteiger partial charge in [-0.25, -0.2) is 14.2 Å². The van der Waals surface area contributed by atoms with Crippen LogP contribution in [0.5, 0.6) is 11.6 Å². The first-order valence-electron chi connectivity index (χ1n) is 7.79. The number of aromatic nitrogens is 1. The fourth-order valence-corrected chi connectivity index (χ4v) is 1.87. The van der Waals surface area contributed by atoms with Gasteiger partial charge in [-0.05, 0) is 18.2 Å². The molecule has 0 aliphatic rings. The van der Waals surface area contributed by atoms with Crippen LogP contribution in [-0.4, -0.2) is 48.9 Å². The van der Waals surface area contributed by atoms with Crippen molar-refractivity contribution in [3.05, 3.63) is 48.4 Å². The Balaban J connectivity index is 1.77. The number of alkyl halides is 3. The molecule has 2 amide bonds. The third-order valence-electron chi connectivity index (χ3n) is 3.24. The monoisotopic (exact) mass is 387 g/mol. The third kappa shape index (κ3) is 7.00. The van der Waals surface area contributed by atoms with Gasteiger partial charge >= 0.3 is 12.2 Å². The van der Waals surface area contributed by atoms with Crippen molar-refractivity contribution in [3.8, 4) is 11.6 Å². The Bertz CT molecular complexity index is 754. The van der Waals surface area contributed by atoms with Crippen molar-refractivity contribution in [2.24, 2.45) is 0 Å². The molecule has 0 radical (unpaired) electrons. The number of benzene rings is 1. The number of nitrogens with one attached hydrogen (secondary N) is 1. The van der Waals surface area contributed by atoms with Gasteiger partial charge in [0.15, 0.2) is 18.2 Å². The maximum atomic E-state index is 13.4. The Morgan fingerprint density at radius 2 is 1.93 bits per heavy atom. The van der Waals surface area contributed by atoms with Crippen molar-refractivity contribution in [1.29, 1.82) is 0 Å². The predicted octanol–water partition coefficient (Wildman–Crippen LogP) is 3.70. The number of para-hydroxylation sites is 1. The van der Waals surface area contributed by atoms with Gasteiger partial charge in [0, 0.05) is 13.1 Å². The number of amides is 2. The van der Waals surface area contributed by atoms with Crippen LogP contribution in [0.2, 0.25) is 0 Å². The number of carbonyl (C=O) groups excluding carboxylic acids is 1. The second kappa shape index (κ2) is 9.06. The second-order valence-electron chi connectivity index (χ2n) is 5.42. The van der Waals surface area contributed by atoms with Crippen LogP contribution >= 0.6 is 0 Å². The van der Waals surface area contributed by atoms with Gasteiger partial charge in [-0.2, -0.15) is 13.2 Å².